The summed E-state index contributed by atoms with van der Waals surface area (Å²) in [6.45, 7) is 1.47. The SMILES string of the molecule is COc1ccc(C)cc1NC(=O)COC(=O)/C=C/c1nc2ccccc2o1. The highest BCUT2D eigenvalue weighted by Gasteiger charge is 2.10. The summed E-state index contributed by atoms with van der Waals surface area (Å²) in [5.41, 5.74) is 2.79. The van der Waals surface area contributed by atoms with Gasteiger partial charge in [-0.1, -0.05) is 18.2 Å². The average Bonchev–Trinajstić information content (AvgIpc) is 3.08. The van der Waals surface area contributed by atoms with Crippen LogP contribution in [0.3, 0.4) is 0 Å². The Kier molecular flexibility index (Phi) is 5.51. The molecular weight excluding hydrogens is 348 g/mol. The van der Waals surface area contributed by atoms with Crippen LogP contribution in [-0.4, -0.2) is 30.6 Å². The Labute approximate surface area is 155 Å². The van der Waals surface area contributed by atoms with Crippen molar-refractivity contribution in [3.8, 4) is 5.75 Å². The number of aryl methyl sites for hydroxylation is 1. The Morgan fingerprint density at radius 2 is 2.04 bits per heavy atom. The minimum absolute atomic E-state index is 0.280. The quantitative estimate of drug-likeness (QED) is 0.531. The number of para-hydroxylation sites is 2. The van der Waals surface area contributed by atoms with Gasteiger partial charge in [0.2, 0.25) is 5.89 Å². The summed E-state index contributed by atoms with van der Waals surface area (Å²) < 4.78 is 15.6. The molecule has 0 fully saturated rings. The molecule has 0 aliphatic carbocycles. The minimum Gasteiger partial charge on any atom is -0.495 e. The number of hydrogen-bond donors (Lipinski definition) is 1. The van der Waals surface area contributed by atoms with Gasteiger partial charge in [-0.15, -0.1) is 0 Å². The van der Waals surface area contributed by atoms with Crippen LogP contribution in [0.5, 0.6) is 5.75 Å². The molecule has 0 atom stereocenters. The third kappa shape index (κ3) is 4.72. The van der Waals surface area contributed by atoms with Gasteiger partial charge in [0.1, 0.15) is 11.3 Å². The van der Waals surface area contributed by atoms with Gasteiger partial charge >= 0.3 is 5.97 Å². The Balaban J connectivity index is 1.54. The maximum absolute atomic E-state index is 12.0. The van der Waals surface area contributed by atoms with Crippen molar-refractivity contribution < 1.29 is 23.5 Å². The van der Waals surface area contributed by atoms with Crippen LogP contribution in [0.15, 0.2) is 53.0 Å². The Morgan fingerprint density at radius 1 is 1.22 bits per heavy atom. The summed E-state index contributed by atoms with van der Waals surface area (Å²) in [5, 5.41) is 2.65. The number of aromatic nitrogens is 1. The van der Waals surface area contributed by atoms with Crippen molar-refractivity contribution in [1.29, 1.82) is 0 Å². The molecule has 0 unspecified atom stereocenters. The number of hydrogen-bond acceptors (Lipinski definition) is 6. The zero-order valence-electron chi connectivity index (χ0n) is 14.9. The molecule has 0 aliphatic heterocycles. The fourth-order valence-corrected chi connectivity index (χ4v) is 2.39. The lowest BCUT2D eigenvalue weighted by Gasteiger charge is -2.10. The number of carbonyl (C=O) groups is 2. The number of fused-ring (bicyclic) bond motifs is 1. The third-order valence-electron chi connectivity index (χ3n) is 3.65. The second-order valence-corrected chi connectivity index (χ2v) is 5.71. The minimum atomic E-state index is -0.677. The van der Waals surface area contributed by atoms with Crippen molar-refractivity contribution >= 4 is 34.7 Å². The predicted octanol–water partition coefficient (Wildman–Crippen LogP) is 3.34. The van der Waals surface area contributed by atoms with E-state index in [1.54, 1.807) is 24.3 Å². The molecule has 1 aromatic heterocycles. The number of oxazole rings is 1. The van der Waals surface area contributed by atoms with Crippen LogP contribution in [0, 0.1) is 6.92 Å². The molecule has 3 rings (SSSR count). The molecule has 0 radical (unpaired) electrons. The topological polar surface area (TPSA) is 90.7 Å². The van der Waals surface area contributed by atoms with Crippen LogP contribution >= 0.6 is 0 Å². The van der Waals surface area contributed by atoms with Gasteiger partial charge in [-0.2, -0.15) is 0 Å². The van der Waals surface area contributed by atoms with E-state index >= 15 is 0 Å². The molecule has 0 saturated carbocycles. The molecule has 27 heavy (non-hydrogen) atoms. The van der Waals surface area contributed by atoms with E-state index in [0.717, 1.165) is 11.6 Å². The fraction of sp³-hybridized carbons (Fsp3) is 0.150. The zero-order valence-corrected chi connectivity index (χ0v) is 14.9. The molecule has 2 aromatic carbocycles. The Hall–Kier alpha value is -3.61. The molecule has 1 heterocycles. The second kappa shape index (κ2) is 8.18. The van der Waals surface area contributed by atoms with E-state index < -0.39 is 18.5 Å². The molecule has 1 amide bonds. The highest BCUT2D eigenvalue weighted by Crippen LogP contribution is 2.25. The summed E-state index contributed by atoms with van der Waals surface area (Å²) >= 11 is 0. The van der Waals surface area contributed by atoms with Crippen molar-refractivity contribution in [3.05, 3.63) is 60.0 Å². The number of methoxy groups -OCH3 is 1. The first kappa shape index (κ1) is 18.2. The lowest BCUT2D eigenvalue weighted by Crippen LogP contribution is -2.20. The highest BCUT2D eigenvalue weighted by atomic mass is 16.5. The first-order chi connectivity index (χ1) is 13.0. The number of anilines is 1. The normalized spacial score (nSPS) is 10.9. The van der Waals surface area contributed by atoms with E-state index in [-0.39, 0.29) is 5.89 Å². The number of amides is 1. The second-order valence-electron chi connectivity index (χ2n) is 5.71. The molecule has 138 valence electrons. The lowest BCUT2D eigenvalue weighted by molar-refractivity contribution is -0.142. The summed E-state index contributed by atoms with van der Waals surface area (Å²) in [7, 11) is 1.51. The molecule has 0 aliphatic rings. The van der Waals surface area contributed by atoms with Crippen LogP contribution in [0.2, 0.25) is 0 Å². The molecule has 0 saturated heterocycles. The zero-order chi connectivity index (χ0) is 19.2. The lowest BCUT2D eigenvalue weighted by atomic mass is 10.2. The van der Waals surface area contributed by atoms with Crippen molar-refractivity contribution in [2.45, 2.75) is 6.92 Å². The van der Waals surface area contributed by atoms with Crippen molar-refractivity contribution in [2.75, 3.05) is 19.0 Å². The summed E-state index contributed by atoms with van der Waals surface area (Å²) in [5.74, 6) is -0.343. The molecule has 1 N–H and O–H groups in total. The van der Waals surface area contributed by atoms with Crippen LogP contribution in [-0.2, 0) is 14.3 Å². The molecule has 0 spiro atoms. The number of carbonyl (C=O) groups excluding carboxylic acids is 2. The highest BCUT2D eigenvalue weighted by molar-refractivity contribution is 5.95. The largest absolute Gasteiger partial charge is 0.495 e. The van der Waals surface area contributed by atoms with E-state index in [0.29, 0.717) is 22.5 Å². The van der Waals surface area contributed by atoms with E-state index in [1.807, 2.05) is 25.1 Å². The monoisotopic (exact) mass is 366 g/mol. The number of esters is 1. The smallest absolute Gasteiger partial charge is 0.331 e. The number of ether oxygens (including phenoxy) is 2. The maximum Gasteiger partial charge on any atom is 0.331 e. The van der Waals surface area contributed by atoms with E-state index in [4.69, 9.17) is 13.9 Å². The van der Waals surface area contributed by atoms with E-state index in [9.17, 15) is 9.59 Å². The van der Waals surface area contributed by atoms with E-state index in [2.05, 4.69) is 10.3 Å². The summed E-state index contributed by atoms with van der Waals surface area (Å²) in [4.78, 5) is 28.0. The molecular formula is C20H18N2O5. The molecule has 0 bridgehead atoms. The fourth-order valence-electron chi connectivity index (χ4n) is 2.39. The average molecular weight is 366 g/mol. The summed E-state index contributed by atoms with van der Waals surface area (Å²) in [6, 6.07) is 12.6. The number of rotatable bonds is 6. The first-order valence-electron chi connectivity index (χ1n) is 8.20. The Bertz CT molecular complexity index is 974. The van der Waals surface area contributed by atoms with Gasteiger partial charge in [-0.3, -0.25) is 4.79 Å². The van der Waals surface area contributed by atoms with Crippen molar-refractivity contribution in [1.82, 2.24) is 4.98 Å². The van der Waals surface area contributed by atoms with Gasteiger partial charge in [-0.05, 0) is 36.8 Å². The van der Waals surface area contributed by atoms with Crippen LogP contribution in [0.1, 0.15) is 11.5 Å². The van der Waals surface area contributed by atoms with Crippen LogP contribution in [0.25, 0.3) is 17.2 Å². The van der Waals surface area contributed by atoms with Gasteiger partial charge in [0, 0.05) is 12.2 Å². The van der Waals surface area contributed by atoms with Crippen LogP contribution in [0.4, 0.5) is 5.69 Å². The molecule has 7 heteroatoms. The maximum atomic E-state index is 12.0. The molecule has 7 nitrogen and oxygen atoms in total. The van der Waals surface area contributed by atoms with Gasteiger partial charge in [-0.25, -0.2) is 9.78 Å². The van der Waals surface area contributed by atoms with Gasteiger partial charge in [0.25, 0.3) is 5.91 Å². The van der Waals surface area contributed by atoms with Crippen LogP contribution < -0.4 is 10.1 Å². The standard InChI is InChI=1S/C20H18N2O5/c1-13-7-8-16(25-2)15(11-13)21-18(23)12-26-20(24)10-9-19-22-14-5-3-4-6-17(14)27-19/h3-11H,12H2,1-2H3,(H,21,23)/b10-9+. The summed E-state index contributed by atoms with van der Waals surface area (Å²) in [6.07, 6.45) is 2.55. The Morgan fingerprint density at radius 3 is 2.81 bits per heavy atom. The van der Waals surface area contributed by atoms with E-state index in [1.165, 1.54) is 13.2 Å². The number of benzene rings is 2. The van der Waals surface area contributed by atoms with Crippen molar-refractivity contribution in [2.24, 2.45) is 0 Å². The van der Waals surface area contributed by atoms with Gasteiger partial charge in [0.05, 0.1) is 12.8 Å². The van der Waals surface area contributed by atoms with Crippen molar-refractivity contribution in [3.63, 3.8) is 0 Å². The predicted molar refractivity (Wildman–Crippen MR) is 100 cm³/mol. The van der Waals surface area contributed by atoms with Gasteiger partial charge in [0.15, 0.2) is 12.2 Å². The molecule has 3 aromatic rings. The number of nitrogens with zero attached hydrogens (tertiary/aromatic N) is 1. The number of nitrogens with one attached hydrogen (secondary N) is 1. The third-order valence-corrected chi connectivity index (χ3v) is 3.65. The first-order valence-corrected chi connectivity index (χ1v) is 8.20. The van der Waals surface area contributed by atoms with Gasteiger partial charge < -0.3 is 19.2 Å².